The van der Waals surface area contributed by atoms with Crippen LogP contribution in [0.5, 0.6) is 0 Å². The van der Waals surface area contributed by atoms with Crippen molar-refractivity contribution in [1.29, 1.82) is 0 Å². The fraction of sp³-hybridized carbons (Fsp3) is 0.241. The van der Waals surface area contributed by atoms with Crippen LogP contribution in [0.15, 0.2) is 66.9 Å². The van der Waals surface area contributed by atoms with E-state index in [9.17, 15) is 9.59 Å². The van der Waals surface area contributed by atoms with E-state index in [2.05, 4.69) is 32.8 Å². The van der Waals surface area contributed by atoms with Gasteiger partial charge in [0.1, 0.15) is 0 Å². The van der Waals surface area contributed by atoms with E-state index in [0.29, 0.717) is 18.1 Å². The number of fused-ring (bicyclic) bond motifs is 1. The Morgan fingerprint density at radius 1 is 1.00 bits per heavy atom. The summed E-state index contributed by atoms with van der Waals surface area (Å²) in [6.07, 6.45) is 1.51. The van der Waals surface area contributed by atoms with Crippen molar-refractivity contribution in [3.8, 4) is 11.1 Å². The minimum absolute atomic E-state index is 0.0686. The Bertz CT molecular complexity index is 1440. The molecule has 0 spiro atoms. The number of hydrogen-bond donors (Lipinski definition) is 4. The number of hydrogen-bond acceptors (Lipinski definition) is 5. The number of carbonyl (C=O) groups excluding carboxylic acids is 1. The summed E-state index contributed by atoms with van der Waals surface area (Å²) in [5, 5.41) is 18.3. The van der Waals surface area contributed by atoms with Gasteiger partial charge in [0, 0.05) is 36.3 Å². The molecule has 1 aromatic heterocycles. The summed E-state index contributed by atoms with van der Waals surface area (Å²) in [5.41, 5.74) is 6.57. The van der Waals surface area contributed by atoms with Gasteiger partial charge < -0.3 is 21.1 Å². The van der Waals surface area contributed by atoms with Crippen LogP contribution in [0, 0.1) is 6.92 Å². The fourth-order valence-electron chi connectivity index (χ4n) is 4.28. The molecule has 4 aromatic rings. The standard InChI is InChI=1S/C29H31N5O3/c1-4-30-27(35)23-9-8-18(2)25(15-23)22-10-11-26-24(14-22)17-31-28(34-26)33-19(3)12-20-6-5-7-21(13-20)16-32-29(36)37/h5-11,13-15,17,19,32H,4,12,16H2,1-3H3,(H,30,35)(H,36,37)(H,31,33,34). The Balaban J connectivity index is 1.48. The largest absolute Gasteiger partial charge is 0.465 e. The number of rotatable bonds is 9. The van der Waals surface area contributed by atoms with Gasteiger partial charge in [0.15, 0.2) is 0 Å². The molecule has 0 saturated carbocycles. The van der Waals surface area contributed by atoms with Crippen LogP contribution in [0.1, 0.15) is 40.9 Å². The maximum Gasteiger partial charge on any atom is 0.404 e. The molecule has 3 aromatic carbocycles. The van der Waals surface area contributed by atoms with Crippen LogP contribution in [0.3, 0.4) is 0 Å². The number of nitrogens with one attached hydrogen (secondary N) is 3. The summed E-state index contributed by atoms with van der Waals surface area (Å²) in [6, 6.07) is 19.7. The van der Waals surface area contributed by atoms with Gasteiger partial charge in [-0.25, -0.2) is 14.8 Å². The summed E-state index contributed by atoms with van der Waals surface area (Å²) in [6.45, 7) is 6.85. The molecule has 0 fully saturated rings. The molecule has 1 heterocycles. The second-order valence-corrected chi connectivity index (χ2v) is 9.08. The highest BCUT2D eigenvalue weighted by Gasteiger charge is 2.11. The molecule has 2 amide bonds. The second kappa shape index (κ2) is 11.5. The van der Waals surface area contributed by atoms with Crippen LogP contribution in [-0.4, -0.2) is 39.7 Å². The number of nitrogens with zero attached hydrogens (tertiary/aromatic N) is 2. The maximum atomic E-state index is 12.3. The molecule has 8 nitrogen and oxygen atoms in total. The van der Waals surface area contributed by atoms with Crippen LogP contribution in [0.25, 0.3) is 22.0 Å². The first-order valence-corrected chi connectivity index (χ1v) is 12.3. The van der Waals surface area contributed by atoms with E-state index >= 15 is 0 Å². The average molecular weight is 498 g/mol. The molecule has 4 N–H and O–H groups in total. The SMILES string of the molecule is CCNC(=O)c1ccc(C)c(-c2ccc3nc(NC(C)Cc4cccc(CNC(=O)O)c4)ncc3c2)c1. The fourth-order valence-corrected chi connectivity index (χ4v) is 4.28. The first-order chi connectivity index (χ1) is 17.8. The van der Waals surface area contributed by atoms with Gasteiger partial charge in [-0.1, -0.05) is 36.4 Å². The summed E-state index contributed by atoms with van der Waals surface area (Å²) in [5.74, 6) is 0.465. The smallest absolute Gasteiger partial charge is 0.404 e. The van der Waals surface area contributed by atoms with Crippen LogP contribution in [0.2, 0.25) is 0 Å². The highest BCUT2D eigenvalue weighted by molar-refractivity contribution is 5.96. The third-order valence-electron chi connectivity index (χ3n) is 6.08. The first kappa shape index (κ1) is 25.6. The lowest BCUT2D eigenvalue weighted by Gasteiger charge is -2.15. The van der Waals surface area contributed by atoms with E-state index in [1.807, 2.05) is 80.7 Å². The lowest BCUT2D eigenvalue weighted by molar-refractivity contribution is 0.0955. The van der Waals surface area contributed by atoms with E-state index < -0.39 is 6.09 Å². The van der Waals surface area contributed by atoms with Crippen molar-refractivity contribution in [2.45, 2.75) is 39.8 Å². The van der Waals surface area contributed by atoms with E-state index in [4.69, 9.17) is 5.11 Å². The molecule has 0 aliphatic heterocycles. The summed E-state index contributed by atoms with van der Waals surface area (Å²) >= 11 is 0. The second-order valence-electron chi connectivity index (χ2n) is 9.08. The number of carbonyl (C=O) groups is 2. The molecule has 0 aliphatic rings. The van der Waals surface area contributed by atoms with E-state index in [-0.39, 0.29) is 18.5 Å². The van der Waals surface area contributed by atoms with Crippen molar-refractivity contribution in [2.24, 2.45) is 0 Å². The van der Waals surface area contributed by atoms with Gasteiger partial charge in [-0.15, -0.1) is 0 Å². The van der Waals surface area contributed by atoms with Crippen LogP contribution >= 0.6 is 0 Å². The molecule has 0 radical (unpaired) electrons. The molecule has 0 saturated heterocycles. The summed E-state index contributed by atoms with van der Waals surface area (Å²) in [7, 11) is 0. The van der Waals surface area contributed by atoms with Gasteiger partial charge in [0.05, 0.1) is 5.52 Å². The number of benzene rings is 3. The van der Waals surface area contributed by atoms with Crippen molar-refractivity contribution in [3.63, 3.8) is 0 Å². The lowest BCUT2D eigenvalue weighted by Crippen LogP contribution is -2.22. The first-order valence-electron chi connectivity index (χ1n) is 12.3. The topological polar surface area (TPSA) is 116 Å². The van der Waals surface area contributed by atoms with Gasteiger partial charge >= 0.3 is 6.09 Å². The quantitative estimate of drug-likeness (QED) is 0.254. The highest BCUT2D eigenvalue weighted by atomic mass is 16.4. The van der Waals surface area contributed by atoms with Gasteiger partial charge in [-0.3, -0.25) is 4.79 Å². The summed E-state index contributed by atoms with van der Waals surface area (Å²) in [4.78, 5) is 32.3. The zero-order valence-corrected chi connectivity index (χ0v) is 21.2. The molecule has 4 rings (SSSR count). The Labute approximate surface area is 216 Å². The number of anilines is 1. The molecule has 0 bridgehead atoms. The van der Waals surface area contributed by atoms with Crippen molar-refractivity contribution >= 4 is 28.9 Å². The Morgan fingerprint density at radius 2 is 1.81 bits per heavy atom. The number of aromatic nitrogens is 2. The van der Waals surface area contributed by atoms with Crippen molar-refractivity contribution < 1.29 is 14.7 Å². The van der Waals surface area contributed by atoms with Crippen LogP contribution in [-0.2, 0) is 13.0 Å². The van der Waals surface area contributed by atoms with E-state index in [1.165, 1.54) is 0 Å². The van der Waals surface area contributed by atoms with Crippen LogP contribution in [0.4, 0.5) is 10.7 Å². The number of carboxylic acid groups (broad SMARTS) is 1. The van der Waals surface area contributed by atoms with Crippen LogP contribution < -0.4 is 16.0 Å². The maximum absolute atomic E-state index is 12.3. The Kier molecular flexibility index (Phi) is 7.98. The zero-order chi connectivity index (χ0) is 26.4. The molecule has 1 atom stereocenters. The van der Waals surface area contributed by atoms with Gasteiger partial charge in [0.2, 0.25) is 5.95 Å². The molecule has 190 valence electrons. The van der Waals surface area contributed by atoms with Gasteiger partial charge in [-0.2, -0.15) is 0 Å². The average Bonchev–Trinajstić information content (AvgIpc) is 2.87. The third-order valence-corrected chi connectivity index (χ3v) is 6.08. The Morgan fingerprint density at radius 3 is 2.59 bits per heavy atom. The zero-order valence-electron chi connectivity index (χ0n) is 21.2. The predicted molar refractivity (Wildman–Crippen MR) is 146 cm³/mol. The molecule has 0 aliphatic carbocycles. The van der Waals surface area contributed by atoms with E-state index in [1.54, 1.807) is 0 Å². The van der Waals surface area contributed by atoms with Crippen molar-refractivity contribution in [3.05, 3.63) is 89.1 Å². The van der Waals surface area contributed by atoms with E-state index in [0.717, 1.165) is 45.1 Å². The van der Waals surface area contributed by atoms with Gasteiger partial charge in [-0.05, 0) is 79.3 Å². The predicted octanol–water partition coefficient (Wildman–Crippen LogP) is 5.17. The normalized spacial score (nSPS) is 11.6. The highest BCUT2D eigenvalue weighted by Crippen LogP contribution is 2.28. The molecular formula is C29H31N5O3. The molecule has 37 heavy (non-hydrogen) atoms. The summed E-state index contributed by atoms with van der Waals surface area (Å²) < 4.78 is 0. The number of aryl methyl sites for hydroxylation is 1. The molecule has 8 heteroatoms. The Hall–Kier alpha value is -4.46. The number of amides is 2. The minimum atomic E-state index is -1.04. The monoisotopic (exact) mass is 497 g/mol. The van der Waals surface area contributed by atoms with Crippen molar-refractivity contribution in [1.82, 2.24) is 20.6 Å². The van der Waals surface area contributed by atoms with Gasteiger partial charge in [0.25, 0.3) is 5.91 Å². The minimum Gasteiger partial charge on any atom is -0.465 e. The lowest BCUT2D eigenvalue weighted by atomic mass is 9.97. The molecule has 1 unspecified atom stereocenters. The molecular weight excluding hydrogens is 466 g/mol. The third kappa shape index (κ3) is 6.61. The van der Waals surface area contributed by atoms with Crippen molar-refractivity contribution in [2.75, 3.05) is 11.9 Å².